The van der Waals surface area contributed by atoms with Gasteiger partial charge in [-0.25, -0.2) is 13.4 Å². The maximum Gasteiger partial charge on any atom is 0.263 e. The summed E-state index contributed by atoms with van der Waals surface area (Å²) in [6, 6.07) is 10.4. The number of fused-ring (bicyclic) bond motifs is 1. The Hall–Kier alpha value is -3.20. The number of sulfonamides is 1. The molecule has 0 saturated carbocycles. The van der Waals surface area contributed by atoms with Crippen molar-refractivity contribution in [1.82, 2.24) is 9.97 Å². The van der Waals surface area contributed by atoms with Crippen LogP contribution >= 0.6 is 0 Å². The van der Waals surface area contributed by atoms with Crippen LogP contribution < -0.4 is 10.0 Å². The highest BCUT2D eigenvalue weighted by Crippen LogP contribution is 2.23. The zero-order valence-electron chi connectivity index (χ0n) is 13.1. The Morgan fingerprint density at radius 1 is 1.12 bits per heavy atom. The van der Waals surface area contributed by atoms with E-state index in [4.69, 9.17) is 0 Å². The van der Waals surface area contributed by atoms with Gasteiger partial charge in [0.05, 0.1) is 16.6 Å². The minimum absolute atomic E-state index is 0.000725. The van der Waals surface area contributed by atoms with Crippen molar-refractivity contribution in [3.05, 3.63) is 48.7 Å². The van der Waals surface area contributed by atoms with Gasteiger partial charge in [0, 0.05) is 12.6 Å². The van der Waals surface area contributed by atoms with Crippen LogP contribution in [0.4, 0.5) is 11.5 Å². The predicted molar refractivity (Wildman–Crippen MR) is 92.8 cm³/mol. The number of nitrogens with zero attached hydrogens (tertiary/aromatic N) is 2. The van der Waals surface area contributed by atoms with E-state index in [1.807, 2.05) is 0 Å². The molecule has 1 heterocycles. The highest BCUT2D eigenvalue weighted by molar-refractivity contribution is 7.92. The molecular weight excluding hydrogens is 344 g/mol. The second kappa shape index (κ2) is 6.36. The van der Waals surface area contributed by atoms with Crippen LogP contribution in [0.2, 0.25) is 0 Å². The fourth-order valence-electron chi connectivity index (χ4n) is 2.18. The first-order chi connectivity index (χ1) is 11.8. The Bertz CT molecular complexity index is 1050. The molecule has 2 aromatic carbocycles. The molecular formula is C16H14N4O4S. The van der Waals surface area contributed by atoms with Crippen LogP contribution in [0.15, 0.2) is 53.6 Å². The molecule has 0 fully saturated rings. The molecule has 3 rings (SSSR count). The maximum atomic E-state index is 12.4. The Labute approximate surface area is 143 Å². The van der Waals surface area contributed by atoms with Crippen molar-refractivity contribution in [1.29, 1.82) is 0 Å². The minimum Gasteiger partial charge on any atom is -0.506 e. The summed E-state index contributed by atoms with van der Waals surface area (Å²) < 4.78 is 27.2. The number of amides is 1. The Kier molecular flexibility index (Phi) is 4.24. The molecule has 0 bridgehead atoms. The standard InChI is InChI=1S/C16H14N4O4S/c1-10(21)18-11-5-7-12(8-6-11)25(23,24)20-15-9-17-13-3-2-4-14(22)16(13)19-15/h2-9,22H,1H3,(H,18,21)(H,19,20). The largest absolute Gasteiger partial charge is 0.506 e. The van der Waals surface area contributed by atoms with Gasteiger partial charge in [0.1, 0.15) is 11.3 Å². The number of carbonyl (C=O) groups excluding carboxylic acids is 1. The number of hydrogen-bond acceptors (Lipinski definition) is 6. The van der Waals surface area contributed by atoms with E-state index in [0.29, 0.717) is 11.2 Å². The number of benzene rings is 2. The van der Waals surface area contributed by atoms with Crippen LogP contribution in [0.3, 0.4) is 0 Å². The highest BCUT2D eigenvalue weighted by atomic mass is 32.2. The molecule has 0 atom stereocenters. The van der Waals surface area contributed by atoms with Crippen LogP contribution in [-0.4, -0.2) is 29.4 Å². The summed E-state index contributed by atoms with van der Waals surface area (Å²) in [5, 5.41) is 12.4. The summed E-state index contributed by atoms with van der Waals surface area (Å²) >= 11 is 0. The van der Waals surface area contributed by atoms with Crippen LogP contribution in [-0.2, 0) is 14.8 Å². The molecule has 3 N–H and O–H groups in total. The Morgan fingerprint density at radius 3 is 2.52 bits per heavy atom. The number of hydrogen-bond donors (Lipinski definition) is 3. The van der Waals surface area contributed by atoms with Gasteiger partial charge in [-0.2, -0.15) is 0 Å². The Balaban J connectivity index is 1.88. The number of aromatic nitrogens is 2. The van der Waals surface area contributed by atoms with Crippen molar-refractivity contribution < 1.29 is 18.3 Å². The summed E-state index contributed by atoms with van der Waals surface area (Å²) in [5.74, 6) is -0.356. The third kappa shape index (κ3) is 3.66. The quantitative estimate of drug-likeness (QED) is 0.657. The van der Waals surface area contributed by atoms with E-state index in [2.05, 4.69) is 20.0 Å². The van der Waals surface area contributed by atoms with E-state index in [1.54, 1.807) is 12.1 Å². The average Bonchev–Trinajstić information content (AvgIpc) is 2.55. The number of phenols is 1. The third-order valence-electron chi connectivity index (χ3n) is 3.28. The molecule has 0 spiro atoms. The van der Waals surface area contributed by atoms with E-state index < -0.39 is 10.0 Å². The molecule has 128 valence electrons. The maximum absolute atomic E-state index is 12.4. The monoisotopic (exact) mass is 358 g/mol. The molecule has 0 aliphatic carbocycles. The lowest BCUT2D eigenvalue weighted by atomic mass is 10.3. The number of phenolic OH excluding ortho intramolecular Hbond substituents is 1. The van der Waals surface area contributed by atoms with Crippen LogP contribution in [0.25, 0.3) is 11.0 Å². The van der Waals surface area contributed by atoms with Gasteiger partial charge in [0.25, 0.3) is 10.0 Å². The molecule has 0 unspecified atom stereocenters. The second-order valence-corrected chi connectivity index (χ2v) is 6.89. The van der Waals surface area contributed by atoms with Gasteiger partial charge in [-0.15, -0.1) is 0 Å². The normalized spacial score (nSPS) is 11.2. The van der Waals surface area contributed by atoms with E-state index in [9.17, 15) is 18.3 Å². The van der Waals surface area contributed by atoms with E-state index >= 15 is 0 Å². The van der Waals surface area contributed by atoms with Gasteiger partial charge in [0.2, 0.25) is 5.91 Å². The van der Waals surface area contributed by atoms with Gasteiger partial charge in [-0.05, 0) is 36.4 Å². The van der Waals surface area contributed by atoms with Crippen molar-refractivity contribution >= 4 is 38.5 Å². The number of nitrogens with one attached hydrogen (secondary N) is 2. The minimum atomic E-state index is -3.89. The lowest BCUT2D eigenvalue weighted by Crippen LogP contribution is -2.14. The van der Waals surface area contributed by atoms with Crippen molar-refractivity contribution in [2.75, 3.05) is 10.0 Å². The van der Waals surface area contributed by atoms with E-state index in [1.165, 1.54) is 43.5 Å². The van der Waals surface area contributed by atoms with Gasteiger partial charge >= 0.3 is 0 Å². The number of para-hydroxylation sites is 1. The molecule has 25 heavy (non-hydrogen) atoms. The smallest absolute Gasteiger partial charge is 0.263 e. The van der Waals surface area contributed by atoms with Crippen LogP contribution in [0.1, 0.15) is 6.92 Å². The molecule has 9 heteroatoms. The lowest BCUT2D eigenvalue weighted by molar-refractivity contribution is -0.114. The van der Waals surface area contributed by atoms with Crippen molar-refractivity contribution in [2.45, 2.75) is 11.8 Å². The Morgan fingerprint density at radius 2 is 1.84 bits per heavy atom. The van der Waals surface area contributed by atoms with E-state index in [-0.39, 0.29) is 27.9 Å². The fourth-order valence-corrected chi connectivity index (χ4v) is 3.17. The number of carbonyl (C=O) groups is 1. The lowest BCUT2D eigenvalue weighted by Gasteiger charge is -2.09. The molecule has 0 aliphatic heterocycles. The SMILES string of the molecule is CC(=O)Nc1ccc(S(=O)(=O)Nc2cnc3cccc(O)c3n2)cc1. The summed E-state index contributed by atoms with van der Waals surface area (Å²) in [6.07, 6.45) is 1.27. The van der Waals surface area contributed by atoms with Crippen LogP contribution in [0, 0.1) is 0 Å². The number of rotatable bonds is 4. The molecule has 0 radical (unpaired) electrons. The average molecular weight is 358 g/mol. The predicted octanol–water partition coefficient (Wildman–Crippen LogP) is 2.09. The van der Waals surface area contributed by atoms with Gasteiger partial charge in [0.15, 0.2) is 5.82 Å². The molecule has 1 amide bonds. The van der Waals surface area contributed by atoms with Crippen molar-refractivity contribution in [3.63, 3.8) is 0 Å². The topological polar surface area (TPSA) is 121 Å². The van der Waals surface area contributed by atoms with Gasteiger partial charge in [-0.3, -0.25) is 14.5 Å². The summed E-state index contributed by atoms with van der Waals surface area (Å²) in [5.41, 5.74) is 1.13. The summed E-state index contributed by atoms with van der Waals surface area (Å²) in [7, 11) is -3.89. The molecule has 8 nitrogen and oxygen atoms in total. The first-order valence-electron chi connectivity index (χ1n) is 7.20. The van der Waals surface area contributed by atoms with Crippen molar-refractivity contribution in [3.8, 4) is 5.75 Å². The van der Waals surface area contributed by atoms with Gasteiger partial charge in [-0.1, -0.05) is 6.07 Å². The first-order valence-corrected chi connectivity index (χ1v) is 8.69. The molecule has 1 aromatic heterocycles. The second-order valence-electron chi connectivity index (χ2n) is 5.21. The number of aromatic hydroxyl groups is 1. The molecule has 0 aliphatic rings. The zero-order valence-corrected chi connectivity index (χ0v) is 13.9. The molecule has 0 saturated heterocycles. The third-order valence-corrected chi connectivity index (χ3v) is 4.65. The number of anilines is 2. The van der Waals surface area contributed by atoms with E-state index in [0.717, 1.165) is 0 Å². The van der Waals surface area contributed by atoms with Gasteiger partial charge < -0.3 is 10.4 Å². The fraction of sp³-hybridized carbons (Fsp3) is 0.0625. The summed E-state index contributed by atoms with van der Waals surface area (Å²) in [4.78, 5) is 19.1. The van der Waals surface area contributed by atoms with Crippen molar-refractivity contribution in [2.24, 2.45) is 0 Å². The zero-order chi connectivity index (χ0) is 18.0. The first kappa shape index (κ1) is 16.7. The summed E-state index contributed by atoms with van der Waals surface area (Å²) in [6.45, 7) is 1.36. The van der Waals surface area contributed by atoms with Crippen LogP contribution in [0.5, 0.6) is 5.75 Å². The highest BCUT2D eigenvalue weighted by Gasteiger charge is 2.16. The molecule has 3 aromatic rings.